The molecule has 1 saturated carbocycles. The van der Waals surface area contributed by atoms with Gasteiger partial charge in [-0.1, -0.05) is 41.4 Å². The largest absolute Gasteiger partial charge is 0.493 e. The van der Waals surface area contributed by atoms with Crippen molar-refractivity contribution in [2.24, 2.45) is 0 Å². The molecule has 3 aromatic rings. The van der Waals surface area contributed by atoms with Crippen LogP contribution in [0.1, 0.15) is 28.8 Å². The van der Waals surface area contributed by atoms with E-state index in [1.807, 2.05) is 0 Å². The number of amides is 1. The van der Waals surface area contributed by atoms with Crippen molar-refractivity contribution in [3.63, 3.8) is 0 Å². The van der Waals surface area contributed by atoms with Crippen LogP contribution in [0, 0.1) is 5.82 Å². The standard InChI is InChI=1S/C24H20Cl2FNO5S/c1-32-22-11-6-15(12-23(22)33-34(30,31)17-9-10-19(25)20(26)13-17)14-28(16-7-8-16)24(29)18-4-2-3-5-21(18)27/h2-6,9-13,16H,7-8,14H2,1H3. The highest BCUT2D eigenvalue weighted by Gasteiger charge is 2.34. The van der Waals surface area contributed by atoms with Gasteiger partial charge in [-0.2, -0.15) is 8.42 Å². The Kier molecular flexibility index (Phi) is 7.02. The van der Waals surface area contributed by atoms with Gasteiger partial charge in [0, 0.05) is 12.6 Å². The van der Waals surface area contributed by atoms with E-state index in [9.17, 15) is 17.6 Å². The maximum atomic E-state index is 14.2. The normalized spacial score (nSPS) is 13.4. The number of carbonyl (C=O) groups is 1. The van der Waals surface area contributed by atoms with Gasteiger partial charge >= 0.3 is 10.1 Å². The van der Waals surface area contributed by atoms with Crippen LogP contribution in [-0.2, 0) is 16.7 Å². The molecule has 0 spiro atoms. The number of carbonyl (C=O) groups excluding carboxylic acids is 1. The lowest BCUT2D eigenvalue weighted by molar-refractivity contribution is 0.0725. The van der Waals surface area contributed by atoms with Crippen molar-refractivity contribution in [2.75, 3.05) is 7.11 Å². The number of hydrogen-bond donors (Lipinski definition) is 0. The van der Waals surface area contributed by atoms with Crippen molar-refractivity contribution in [2.45, 2.75) is 30.3 Å². The summed E-state index contributed by atoms with van der Waals surface area (Å²) in [6.07, 6.45) is 1.62. The summed E-state index contributed by atoms with van der Waals surface area (Å²) in [6.45, 7) is 0.144. The molecule has 1 aliphatic carbocycles. The van der Waals surface area contributed by atoms with E-state index in [1.54, 1.807) is 23.1 Å². The van der Waals surface area contributed by atoms with Gasteiger partial charge in [0.25, 0.3) is 5.91 Å². The van der Waals surface area contributed by atoms with Gasteiger partial charge in [-0.25, -0.2) is 4.39 Å². The van der Waals surface area contributed by atoms with Gasteiger partial charge in [0.2, 0.25) is 0 Å². The Morgan fingerprint density at radius 3 is 2.41 bits per heavy atom. The molecule has 1 amide bonds. The first-order valence-corrected chi connectivity index (χ1v) is 12.5. The molecule has 178 valence electrons. The smallest absolute Gasteiger partial charge is 0.339 e. The van der Waals surface area contributed by atoms with Crippen molar-refractivity contribution in [3.05, 3.63) is 87.7 Å². The molecule has 0 unspecified atom stereocenters. The van der Waals surface area contributed by atoms with E-state index < -0.39 is 21.8 Å². The number of hydrogen-bond acceptors (Lipinski definition) is 5. The van der Waals surface area contributed by atoms with Crippen LogP contribution in [0.15, 0.2) is 65.6 Å². The zero-order valence-electron chi connectivity index (χ0n) is 18.0. The van der Waals surface area contributed by atoms with E-state index in [2.05, 4.69) is 0 Å². The Hall–Kier alpha value is -2.81. The topological polar surface area (TPSA) is 72.9 Å². The van der Waals surface area contributed by atoms with Crippen LogP contribution in [0.4, 0.5) is 4.39 Å². The van der Waals surface area contributed by atoms with Gasteiger partial charge in [0.1, 0.15) is 10.7 Å². The molecule has 10 heteroatoms. The number of nitrogens with zero attached hydrogens (tertiary/aromatic N) is 1. The molecule has 1 fully saturated rings. The highest BCUT2D eigenvalue weighted by molar-refractivity contribution is 7.87. The fraction of sp³-hybridized carbons (Fsp3) is 0.208. The molecule has 34 heavy (non-hydrogen) atoms. The lowest BCUT2D eigenvalue weighted by atomic mass is 10.1. The zero-order chi connectivity index (χ0) is 24.5. The van der Waals surface area contributed by atoms with Gasteiger partial charge in [0.15, 0.2) is 11.5 Å². The van der Waals surface area contributed by atoms with E-state index in [0.29, 0.717) is 5.56 Å². The van der Waals surface area contributed by atoms with Gasteiger partial charge in [0.05, 0.1) is 22.7 Å². The third-order valence-corrected chi connectivity index (χ3v) is 7.28. The molecule has 3 aromatic carbocycles. The summed E-state index contributed by atoms with van der Waals surface area (Å²) in [7, 11) is -2.87. The van der Waals surface area contributed by atoms with Crippen LogP contribution < -0.4 is 8.92 Å². The molecule has 0 radical (unpaired) electrons. The molecular weight excluding hydrogens is 504 g/mol. The lowest BCUT2D eigenvalue weighted by Crippen LogP contribution is -2.33. The third-order valence-electron chi connectivity index (χ3n) is 5.31. The molecular formula is C24H20Cl2FNO5S. The fourth-order valence-corrected chi connectivity index (χ4v) is 4.74. The molecule has 6 nitrogen and oxygen atoms in total. The van der Waals surface area contributed by atoms with Gasteiger partial charge < -0.3 is 13.8 Å². The first-order chi connectivity index (χ1) is 16.2. The number of ether oxygens (including phenoxy) is 1. The number of halogens is 3. The number of benzene rings is 3. The number of rotatable bonds is 8. The van der Waals surface area contributed by atoms with E-state index in [-0.39, 0.29) is 44.6 Å². The van der Waals surface area contributed by atoms with Crippen molar-refractivity contribution < 1.29 is 26.5 Å². The molecule has 0 N–H and O–H groups in total. The molecule has 4 rings (SSSR count). The summed E-state index contributed by atoms with van der Waals surface area (Å²) < 4.78 is 50.5. The van der Waals surface area contributed by atoms with Crippen LogP contribution in [0.2, 0.25) is 10.0 Å². The van der Waals surface area contributed by atoms with Crippen molar-refractivity contribution in [3.8, 4) is 11.5 Å². The predicted octanol–water partition coefficient (Wildman–Crippen LogP) is 5.71. The molecule has 0 aromatic heterocycles. The summed E-state index contributed by atoms with van der Waals surface area (Å²) in [5.74, 6) is -0.891. The average molecular weight is 524 g/mol. The minimum Gasteiger partial charge on any atom is -0.493 e. The van der Waals surface area contributed by atoms with Crippen LogP contribution in [0.5, 0.6) is 11.5 Å². The van der Waals surface area contributed by atoms with Gasteiger partial charge in [-0.15, -0.1) is 0 Å². The van der Waals surface area contributed by atoms with Gasteiger partial charge in [-0.05, 0) is 60.9 Å². The van der Waals surface area contributed by atoms with Crippen molar-refractivity contribution in [1.29, 1.82) is 0 Å². The van der Waals surface area contributed by atoms with Crippen molar-refractivity contribution >= 4 is 39.2 Å². The lowest BCUT2D eigenvalue weighted by Gasteiger charge is -2.23. The summed E-state index contributed by atoms with van der Waals surface area (Å²) in [5.41, 5.74) is 0.582. The molecule has 1 aliphatic rings. The third kappa shape index (κ3) is 5.29. The highest BCUT2D eigenvalue weighted by atomic mass is 35.5. The van der Waals surface area contributed by atoms with Crippen LogP contribution >= 0.6 is 23.2 Å². The minimum atomic E-state index is -4.25. The van der Waals surface area contributed by atoms with E-state index >= 15 is 0 Å². The fourth-order valence-electron chi connectivity index (χ4n) is 3.42. The zero-order valence-corrected chi connectivity index (χ0v) is 20.3. The first kappa shape index (κ1) is 24.3. The van der Waals surface area contributed by atoms with E-state index in [1.165, 1.54) is 49.6 Å². The molecule has 0 aliphatic heterocycles. The van der Waals surface area contributed by atoms with Crippen LogP contribution in [0.25, 0.3) is 0 Å². The SMILES string of the molecule is COc1ccc(CN(C(=O)c2ccccc2F)C2CC2)cc1OS(=O)(=O)c1ccc(Cl)c(Cl)c1. The molecule has 0 atom stereocenters. The Bertz CT molecular complexity index is 1340. The first-order valence-electron chi connectivity index (χ1n) is 10.3. The molecule has 0 bridgehead atoms. The maximum absolute atomic E-state index is 14.2. The minimum absolute atomic E-state index is 0.0124. The quantitative estimate of drug-likeness (QED) is 0.353. The summed E-state index contributed by atoms with van der Waals surface area (Å²) in [6, 6.07) is 14.4. The second-order valence-electron chi connectivity index (χ2n) is 7.74. The Morgan fingerprint density at radius 2 is 1.76 bits per heavy atom. The van der Waals surface area contributed by atoms with Gasteiger partial charge in [-0.3, -0.25) is 4.79 Å². The van der Waals surface area contributed by atoms with E-state index in [4.69, 9.17) is 32.1 Å². The second kappa shape index (κ2) is 9.82. The Balaban J connectivity index is 1.62. The van der Waals surface area contributed by atoms with E-state index in [0.717, 1.165) is 12.8 Å². The average Bonchev–Trinajstić information content (AvgIpc) is 3.64. The molecule has 0 heterocycles. The van der Waals surface area contributed by atoms with Crippen molar-refractivity contribution in [1.82, 2.24) is 4.90 Å². The summed E-state index contributed by atoms with van der Waals surface area (Å²) in [5, 5.41) is 0.277. The molecule has 0 saturated heterocycles. The summed E-state index contributed by atoms with van der Waals surface area (Å²) >= 11 is 11.8. The van der Waals surface area contributed by atoms with Crippen LogP contribution in [-0.4, -0.2) is 32.4 Å². The Labute approximate surface area is 206 Å². The highest BCUT2D eigenvalue weighted by Crippen LogP contribution is 2.35. The monoisotopic (exact) mass is 523 g/mol. The maximum Gasteiger partial charge on any atom is 0.339 e. The second-order valence-corrected chi connectivity index (χ2v) is 10.1. The Morgan fingerprint density at radius 1 is 1.03 bits per heavy atom. The van der Waals surface area contributed by atoms with Crippen LogP contribution in [0.3, 0.4) is 0 Å². The number of methoxy groups -OCH3 is 1. The predicted molar refractivity (Wildman–Crippen MR) is 127 cm³/mol. The summed E-state index contributed by atoms with van der Waals surface area (Å²) in [4.78, 5) is 14.4.